The Hall–Kier alpha value is -0.690. The third-order valence-corrected chi connectivity index (χ3v) is 5.61. The molecule has 5 atom stereocenters. The van der Waals surface area contributed by atoms with E-state index in [1.165, 1.54) is 7.11 Å². The molecule has 140 valence electrons. The molecular formula is C18H32O6. The van der Waals surface area contributed by atoms with Gasteiger partial charge in [0.05, 0.1) is 19.8 Å². The van der Waals surface area contributed by atoms with E-state index in [2.05, 4.69) is 6.92 Å². The first-order valence-corrected chi connectivity index (χ1v) is 8.94. The first-order chi connectivity index (χ1) is 11.5. The zero-order chi connectivity index (χ0) is 17.6. The van der Waals surface area contributed by atoms with E-state index in [1.54, 1.807) is 7.11 Å². The third kappa shape index (κ3) is 4.69. The molecule has 0 spiro atoms. The number of esters is 1. The summed E-state index contributed by atoms with van der Waals surface area (Å²) in [4.78, 5) is 11.6. The summed E-state index contributed by atoms with van der Waals surface area (Å²) in [5.74, 6) is 0.587. The molecule has 1 heterocycles. The van der Waals surface area contributed by atoms with Crippen molar-refractivity contribution in [3.63, 3.8) is 0 Å². The number of rotatable bonds is 9. The van der Waals surface area contributed by atoms with Crippen LogP contribution in [-0.4, -0.2) is 52.6 Å². The van der Waals surface area contributed by atoms with Crippen molar-refractivity contribution < 1.29 is 28.5 Å². The van der Waals surface area contributed by atoms with Crippen molar-refractivity contribution in [1.29, 1.82) is 0 Å². The number of carbonyl (C=O) groups excluding carboxylic acids is 1. The zero-order valence-electron chi connectivity index (χ0n) is 15.4. The van der Waals surface area contributed by atoms with Crippen LogP contribution in [0, 0.1) is 17.3 Å². The molecule has 1 aliphatic heterocycles. The molecule has 0 bridgehead atoms. The molecule has 0 N–H and O–H groups in total. The molecule has 0 aromatic carbocycles. The Kier molecular flexibility index (Phi) is 7.47. The van der Waals surface area contributed by atoms with Crippen molar-refractivity contribution in [2.75, 3.05) is 34.2 Å². The minimum Gasteiger partial charge on any atom is -0.469 e. The Morgan fingerprint density at radius 3 is 2.79 bits per heavy atom. The second kappa shape index (κ2) is 9.13. The monoisotopic (exact) mass is 344 g/mol. The lowest BCUT2D eigenvalue weighted by molar-refractivity contribution is -0.163. The molecule has 24 heavy (non-hydrogen) atoms. The van der Waals surface area contributed by atoms with Crippen molar-refractivity contribution in [2.24, 2.45) is 17.3 Å². The fourth-order valence-corrected chi connectivity index (χ4v) is 4.21. The topological polar surface area (TPSA) is 63.2 Å². The van der Waals surface area contributed by atoms with Gasteiger partial charge in [0.25, 0.3) is 0 Å². The quantitative estimate of drug-likeness (QED) is 0.364. The Morgan fingerprint density at radius 2 is 2.12 bits per heavy atom. The van der Waals surface area contributed by atoms with Crippen molar-refractivity contribution in [3.05, 3.63) is 0 Å². The number of carbonyl (C=O) groups is 1. The zero-order valence-corrected chi connectivity index (χ0v) is 15.4. The summed E-state index contributed by atoms with van der Waals surface area (Å²) in [5.41, 5.74) is 0.0719. The molecule has 0 amide bonds. The van der Waals surface area contributed by atoms with E-state index in [1.807, 2.05) is 6.92 Å². The molecule has 0 aromatic rings. The average molecular weight is 344 g/mol. The van der Waals surface area contributed by atoms with E-state index in [0.29, 0.717) is 38.3 Å². The maximum atomic E-state index is 11.6. The number of methoxy groups -OCH3 is 2. The van der Waals surface area contributed by atoms with Crippen molar-refractivity contribution in [2.45, 2.75) is 58.3 Å². The first-order valence-electron chi connectivity index (χ1n) is 8.94. The summed E-state index contributed by atoms with van der Waals surface area (Å²) in [6, 6.07) is 0. The molecule has 0 aromatic heterocycles. The minimum atomic E-state index is -0.148. The second-order valence-corrected chi connectivity index (χ2v) is 7.13. The smallest absolute Gasteiger partial charge is 0.305 e. The first kappa shape index (κ1) is 19.6. The summed E-state index contributed by atoms with van der Waals surface area (Å²) >= 11 is 0. The van der Waals surface area contributed by atoms with Crippen LogP contribution in [0.15, 0.2) is 0 Å². The van der Waals surface area contributed by atoms with Gasteiger partial charge in [0.2, 0.25) is 0 Å². The lowest BCUT2D eigenvalue weighted by atomic mass is 9.61. The van der Waals surface area contributed by atoms with Crippen LogP contribution in [0.2, 0.25) is 0 Å². The van der Waals surface area contributed by atoms with E-state index in [4.69, 9.17) is 23.7 Å². The predicted octanol–water partition coefficient (Wildman–Crippen LogP) is 2.74. The van der Waals surface area contributed by atoms with Crippen LogP contribution in [0.5, 0.6) is 0 Å². The summed E-state index contributed by atoms with van der Waals surface area (Å²) in [5, 5.41) is 0. The van der Waals surface area contributed by atoms with Gasteiger partial charge in [-0.05, 0) is 37.5 Å². The summed E-state index contributed by atoms with van der Waals surface area (Å²) in [7, 11) is 3.08. The van der Waals surface area contributed by atoms with E-state index < -0.39 is 0 Å². The highest BCUT2D eigenvalue weighted by atomic mass is 16.7. The molecular weight excluding hydrogens is 312 g/mol. The predicted molar refractivity (Wildman–Crippen MR) is 88.3 cm³/mol. The van der Waals surface area contributed by atoms with Crippen LogP contribution in [0.25, 0.3) is 0 Å². The lowest BCUT2D eigenvalue weighted by Gasteiger charge is -2.45. The molecule has 0 radical (unpaired) electrons. The highest BCUT2D eigenvalue weighted by Crippen LogP contribution is 2.53. The average Bonchev–Trinajstić information content (AvgIpc) is 3.01. The van der Waals surface area contributed by atoms with Crippen LogP contribution < -0.4 is 0 Å². The highest BCUT2D eigenvalue weighted by Gasteiger charge is 2.52. The molecule has 2 rings (SSSR count). The maximum Gasteiger partial charge on any atom is 0.305 e. The number of hydrogen-bond acceptors (Lipinski definition) is 6. The Balaban J connectivity index is 2.03. The van der Waals surface area contributed by atoms with Crippen LogP contribution >= 0.6 is 0 Å². The molecule has 1 saturated carbocycles. The molecule has 2 fully saturated rings. The normalized spacial score (nSPS) is 35.7. The molecule has 1 aliphatic carbocycles. The summed E-state index contributed by atoms with van der Waals surface area (Å²) in [6.45, 7) is 5.86. The Morgan fingerprint density at radius 1 is 1.33 bits per heavy atom. The second-order valence-electron chi connectivity index (χ2n) is 7.13. The van der Waals surface area contributed by atoms with Gasteiger partial charge < -0.3 is 23.7 Å². The lowest BCUT2D eigenvalue weighted by Crippen LogP contribution is -2.44. The highest BCUT2D eigenvalue weighted by molar-refractivity contribution is 5.69. The van der Waals surface area contributed by atoms with Gasteiger partial charge in [-0.25, -0.2) is 0 Å². The summed E-state index contributed by atoms with van der Waals surface area (Å²) in [6.07, 6.45) is 4.24. The van der Waals surface area contributed by atoms with Gasteiger partial charge in [0, 0.05) is 32.5 Å². The van der Waals surface area contributed by atoms with E-state index in [0.717, 1.165) is 25.7 Å². The van der Waals surface area contributed by atoms with Crippen molar-refractivity contribution in [3.8, 4) is 0 Å². The van der Waals surface area contributed by atoms with Crippen LogP contribution in [0.3, 0.4) is 0 Å². The molecule has 1 unspecified atom stereocenters. The minimum absolute atomic E-state index is 0.0719. The fourth-order valence-electron chi connectivity index (χ4n) is 4.21. The molecule has 1 saturated heterocycles. The van der Waals surface area contributed by atoms with E-state index >= 15 is 0 Å². The van der Waals surface area contributed by atoms with Crippen molar-refractivity contribution >= 4 is 5.97 Å². The third-order valence-electron chi connectivity index (χ3n) is 5.61. The van der Waals surface area contributed by atoms with Gasteiger partial charge in [-0.2, -0.15) is 0 Å². The van der Waals surface area contributed by atoms with Crippen LogP contribution in [-0.2, 0) is 28.5 Å². The van der Waals surface area contributed by atoms with Crippen LogP contribution in [0.4, 0.5) is 0 Å². The fraction of sp³-hybridized carbons (Fsp3) is 0.944. The maximum absolute atomic E-state index is 11.6. The van der Waals surface area contributed by atoms with Gasteiger partial charge in [0.1, 0.15) is 6.79 Å². The van der Waals surface area contributed by atoms with Gasteiger partial charge in [0.15, 0.2) is 6.29 Å². The van der Waals surface area contributed by atoms with Gasteiger partial charge in [-0.15, -0.1) is 0 Å². The standard InChI is InChI=1S/C18H32O6/c1-5-23-16-10-14-17(24-16)13(11-22-12-20-3)6-8-18(14,2)9-7-15(19)21-4/h13-14,16-17H,5-12H2,1-4H3/t13-,14+,16?,17+,18-/m1/s1. The molecule has 6 nitrogen and oxygen atoms in total. The van der Waals surface area contributed by atoms with Crippen LogP contribution in [0.1, 0.15) is 46.0 Å². The van der Waals surface area contributed by atoms with E-state index in [-0.39, 0.29) is 23.8 Å². The molecule has 2 aliphatic rings. The number of fused-ring (bicyclic) bond motifs is 1. The van der Waals surface area contributed by atoms with Crippen molar-refractivity contribution in [1.82, 2.24) is 0 Å². The van der Waals surface area contributed by atoms with Gasteiger partial charge in [-0.3, -0.25) is 4.79 Å². The van der Waals surface area contributed by atoms with E-state index in [9.17, 15) is 4.79 Å². The SMILES string of the molecule is CCOC1C[C@H]2[C@@H](O1)[C@@H](COCOC)CC[C@]2(C)CCC(=O)OC. The Bertz CT molecular complexity index is 401. The number of hydrogen-bond donors (Lipinski definition) is 0. The van der Waals surface area contributed by atoms with Gasteiger partial charge in [-0.1, -0.05) is 6.92 Å². The number of ether oxygens (including phenoxy) is 5. The Labute approximate surface area is 145 Å². The largest absolute Gasteiger partial charge is 0.469 e. The molecule has 6 heteroatoms. The summed E-state index contributed by atoms with van der Waals surface area (Å²) < 4.78 is 27.3. The van der Waals surface area contributed by atoms with Gasteiger partial charge >= 0.3 is 5.97 Å².